The molecule has 6 nitrogen and oxygen atoms in total. The van der Waals surface area contributed by atoms with Crippen LogP contribution in [0.25, 0.3) is 0 Å². The van der Waals surface area contributed by atoms with Crippen molar-refractivity contribution in [1.82, 2.24) is 5.01 Å². The first-order chi connectivity index (χ1) is 17.4. The van der Waals surface area contributed by atoms with E-state index in [2.05, 4.69) is 23.8 Å². The summed E-state index contributed by atoms with van der Waals surface area (Å²) in [5.74, 6) is 0.433. The summed E-state index contributed by atoms with van der Waals surface area (Å²) >= 11 is 12.2. The largest absolute Gasteiger partial charge is 0.490 e. The Bertz CT molecular complexity index is 1260. The Morgan fingerprint density at radius 1 is 1.06 bits per heavy atom. The summed E-state index contributed by atoms with van der Waals surface area (Å²) in [6, 6.07) is 9.03. The molecule has 2 fully saturated rings. The summed E-state index contributed by atoms with van der Waals surface area (Å²) in [7, 11) is 0. The molecule has 0 N–H and O–H groups in total. The number of hydrogen-bond donors (Lipinski definition) is 0. The van der Waals surface area contributed by atoms with E-state index in [1.54, 1.807) is 24.3 Å². The van der Waals surface area contributed by atoms with Crippen molar-refractivity contribution < 1.29 is 19.1 Å². The maximum absolute atomic E-state index is 12.9. The van der Waals surface area contributed by atoms with Gasteiger partial charge in [0.25, 0.3) is 11.8 Å². The van der Waals surface area contributed by atoms with Crippen LogP contribution in [0.15, 0.2) is 60.2 Å². The highest BCUT2D eigenvalue weighted by atomic mass is 35.5. The summed E-state index contributed by atoms with van der Waals surface area (Å²) in [6.07, 6.45) is 8.85. The molecule has 2 aliphatic carbocycles. The van der Waals surface area contributed by atoms with Gasteiger partial charge in [0.15, 0.2) is 11.5 Å². The summed E-state index contributed by atoms with van der Waals surface area (Å²) < 4.78 is 12.0. The van der Waals surface area contributed by atoms with Crippen molar-refractivity contribution in [3.05, 3.63) is 81.9 Å². The minimum atomic E-state index is -0.280. The normalized spacial score (nSPS) is 24.1. The molecule has 0 aromatic heterocycles. The van der Waals surface area contributed by atoms with Gasteiger partial charge in [0.1, 0.15) is 6.61 Å². The fourth-order valence-electron chi connectivity index (χ4n) is 5.40. The van der Waals surface area contributed by atoms with Gasteiger partial charge in [-0.1, -0.05) is 47.5 Å². The SMILES string of the molecule is C=CCc1cc(C=NN2C(=O)[C@@H]3[C@H](C2=O)[C@H]2C=C[C@H]3C2)cc(OCC)c1OCc1ccc(Cl)c(Cl)c1. The molecule has 4 atom stereocenters. The first-order valence-electron chi connectivity index (χ1n) is 12.0. The van der Waals surface area contributed by atoms with E-state index in [0.29, 0.717) is 40.1 Å². The Kier molecular flexibility index (Phi) is 6.91. The lowest BCUT2D eigenvalue weighted by Gasteiger charge is -2.17. The number of hydrogen-bond acceptors (Lipinski definition) is 5. The standard InChI is InChI=1S/C28H26Cl2N2O4/c1-3-5-20-10-17(14-31-32-27(33)24-18-7-8-19(13-18)25(24)28(32)34)12-23(35-4-2)26(20)36-15-16-6-9-21(29)22(30)11-16/h3,6-12,14,18-19,24-25H,1,4-5,13,15H2,2H3/t18-,19-,24-,25+/m0/s1. The third-order valence-corrected chi connectivity index (χ3v) is 7.69. The topological polar surface area (TPSA) is 68.2 Å². The molecule has 1 aliphatic heterocycles. The smallest absolute Gasteiger partial charge is 0.254 e. The number of rotatable bonds is 9. The molecule has 0 unspecified atom stereocenters. The van der Waals surface area contributed by atoms with Crippen LogP contribution < -0.4 is 9.47 Å². The molecule has 0 spiro atoms. The van der Waals surface area contributed by atoms with Crippen molar-refractivity contribution in [2.45, 2.75) is 26.4 Å². The summed E-state index contributed by atoms with van der Waals surface area (Å²) in [6.45, 7) is 6.44. The van der Waals surface area contributed by atoms with Gasteiger partial charge < -0.3 is 9.47 Å². The number of carbonyl (C=O) groups excluding carboxylic acids is 2. The molecule has 2 aromatic rings. The van der Waals surface area contributed by atoms with Crippen molar-refractivity contribution >= 4 is 41.2 Å². The van der Waals surface area contributed by atoms with E-state index in [-0.39, 0.29) is 42.1 Å². The lowest BCUT2D eigenvalue weighted by Crippen LogP contribution is -2.28. The van der Waals surface area contributed by atoms with Gasteiger partial charge in [-0.05, 0) is 67.0 Å². The Morgan fingerprint density at radius 2 is 1.78 bits per heavy atom. The van der Waals surface area contributed by atoms with Crippen LogP contribution in [-0.2, 0) is 22.6 Å². The van der Waals surface area contributed by atoms with Crippen molar-refractivity contribution in [3.8, 4) is 11.5 Å². The van der Waals surface area contributed by atoms with Gasteiger partial charge in [-0.25, -0.2) is 0 Å². The van der Waals surface area contributed by atoms with Crippen LogP contribution in [0.3, 0.4) is 0 Å². The van der Waals surface area contributed by atoms with E-state index in [0.717, 1.165) is 22.6 Å². The highest BCUT2D eigenvalue weighted by Crippen LogP contribution is 2.52. The van der Waals surface area contributed by atoms with Crippen LogP contribution in [0.1, 0.15) is 30.0 Å². The molecule has 1 saturated heterocycles. The van der Waals surface area contributed by atoms with Crippen LogP contribution in [0.2, 0.25) is 10.0 Å². The van der Waals surface area contributed by atoms with Gasteiger partial charge >= 0.3 is 0 Å². The zero-order valence-electron chi connectivity index (χ0n) is 19.8. The molecule has 36 heavy (non-hydrogen) atoms. The molecule has 5 rings (SSSR count). The molecule has 1 saturated carbocycles. The first kappa shape index (κ1) is 24.6. The van der Waals surface area contributed by atoms with Gasteiger partial charge in [0, 0.05) is 5.56 Å². The molecule has 2 bridgehead atoms. The van der Waals surface area contributed by atoms with Crippen molar-refractivity contribution in [3.63, 3.8) is 0 Å². The maximum Gasteiger partial charge on any atom is 0.254 e. The first-order valence-corrected chi connectivity index (χ1v) is 12.7. The quantitative estimate of drug-likeness (QED) is 0.234. The molecule has 186 valence electrons. The van der Waals surface area contributed by atoms with E-state index < -0.39 is 0 Å². The molecule has 2 aromatic carbocycles. The number of nitrogens with zero attached hydrogens (tertiary/aromatic N) is 2. The van der Waals surface area contributed by atoms with Gasteiger partial charge in [0.05, 0.1) is 34.7 Å². The van der Waals surface area contributed by atoms with Crippen LogP contribution >= 0.6 is 23.2 Å². The number of carbonyl (C=O) groups is 2. The van der Waals surface area contributed by atoms with E-state index in [9.17, 15) is 9.59 Å². The zero-order chi connectivity index (χ0) is 25.4. The second-order valence-corrected chi connectivity index (χ2v) is 10.0. The predicted molar refractivity (Wildman–Crippen MR) is 139 cm³/mol. The van der Waals surface area contributed by atoms with E-state index >= 15 is 0 Å². The molecule has 8 heteroatoms. The molecule has 3 aliphatic rings. The Hall–Kier alpha value is -3.09. The van der Waals surface area contributed by atoms with Crippen LogP contribution in [0, 0.1) is 23.7 Å². The number of benzene rings is 2. The Balaban J connectivity index is 1.40. The molecular weight excluding hydrogens is 499 g/mol. The minimum absolute atomic E-state index is 0.146. The van der Waals surface area contributed by atoms with Crippen molar-refractivity contribution in [2.24, 2.45) is 28.8 Å². The van der Waals surface area contributed by atoms with Crippen LogP contribution in [0.4, 0.5) is 0 Å². The number of halogens is 2. The highest BCUT2D eigenvalue weighted by Gasteiger charge is 2.59. The monoisotopic (exact) mass is 524 g/mol. The van der Waals surface area contributed by atoms with Gasteiger partial charge in [-0.2, -0.15) is 10.1 Å². The summed E-state index contributed by atoms with van der Waals surface area (Å²) in [4.78, 5) is 25.9. The molecular formula is C28H26Cl2N2O4. The predicted octanol–water partition coefficient (Wildman–Crippen LogP) is 5.84. The number of allylic oxidation sites excluding steroid dienone is 3. The van der Waals surface area contributed by atoms with E-state index in [1.807, 2.05) is 19.1 Å². The number of fused-ring (bicyclic) bond motifs is 5. The molecule has 1 heterocycles. The second-order valence-electron chi connectivity index (χ2n) is 9.20. The lowest BCUT2D eigenvalue weighted by atomic mass is 9.85. The summed E-state index contributed by atoms with van der Waals surface area (Å²) in [5, 5.41) is 6.29. The number of hydrazone groups is 1. The van der Waals surface area contributed by atoms with Crippen LogP contribution in [0.5, 0.6) is 11.5 Å². The van der Waals surface area contributed by atoms with Gasteiger partial charge in [-0.15, -0.1) is 6.58 Å². The highest BCUT2D eigenvalue weighted by molar-refractivity contribution is 6.42. The number of imide groups is 1. The number of amides is 2. The molecule has 2 amide bonds. The third-order valence-electron chi connectivity index (χ3n) is 6.95. The minimum Gasteiger partial charge on any atom is -0.490 e. The zero-order valence-corrected chi connectivity index (χ0v) is 21.3. The van der Waals surface area contributed by atoms with E-state index in [4.69, 9.17) is 32.7 Å². The Morgan fingerprint density at radius 3 is 2.42 bits per heavy atom. The molecule has 0 radical (unpaired) electrons. The maximum atomic E-state index is 12.9. The van der Waals surface area contributed by atoms with Crippen molar-refractivity contribution in [2.75, 3.05) is 6.61 Å². The second kappa shape index (κ2) is 10.1. The van der Waals surface area contributed by atoms with Crippen molar-refractivity contribution in [1.29, 1.82) is 0 Å². The number of ether oxygens (including phenoxy) is 2. The van der Waals surface area contributed by atoms with Gasteiger partial charge in [0.2, 0.25) is 0 Å². The third kappa shape index (κ3) is 4.44. The Labute approximate surface area is 220 Å². The average molecular weight is 525 g/mol. The lowest BCUT2D eigenvalue weighted by molar-refractivity contribution is -0.140. The van der Waals surface area contributed by atoms with Crippen LogP contribution in [-0.4, -0.2) is 29.6 Å². The van der Waals surface area contributed by atoms with E-state index in [1.165, 1.54) is 6.21 Å². The average Bonchev–Trinajstić information content (AvgIpc) is 3.54. The van der Waals surface area contributed by atoms with Gasteiger partial charge in [-0.3, -0.25) is 9.59 Å². The fourth-order valence-corrected chi connectivity index (χ4v) is 5.72. The fraction of sp³-hybridized carbons (Fsp3) is 0.321. The summed E-state index contributed by atoms with van der Waals surface area (Å²) in [5.41, 5.74) is 2.40.